The molecule has 0 atom stereocenters. The largest absolute Gasteiger partial charge is 0.395 e. The van der Waals surface area contributed by atoms with E-state index in [-0.39, 0.29) is 6.61 Å². The van der Waals surface area contributed by atoms with Crippen LogP contribution in [-0.4, -0.2) is 24.3 Å². The summed E-state index contributed by atoms with van der Waals surface area (Å²) in [6, 6.07) is 6.53. The highest BCUT2D eigenvalue weighted by atomic mass is 35.5. The van der Waals surface area contributed by atoms with Gasteiger partial charge in [0.15, 0.2) is 0 Å². The SMILES string of the molecule is NCc1ccc(N(CCO)C2CCC2)cc1Cl. The van der Waals surface area contributed by atoms with Crippen LogP contribution in [0.2, 0.25) is 5.02 Å². The van der Waals surface area contributed by atoms with Crippen molar-refractivity contribution in [1.29, 1.82) is 0 Å². The highest BCUT2D eigenvalue weighted by Crippen LogP contribution is 2.31. The molecule has 1 aromatic rings. The van der Waals surface area contributed by atoms with Gasteiger partial charge < -0.3 is 15.7 Å². The van der Waals surface area contributed by atoms with Gasteiger partial charge in [-0.05, 0) is 37.0 Å². The summed E-state index contributed by atoms with van der Waals surface area (Å²) in [6.07, 6.45) is 3.69. The van der Waals surface area contributed by atoms with E-state index in [1.54, 1.807) is 0 Å². The van der Waals surface area contributed by atoms with Gasteiger partial charge in [-0.15, -0.1) is 0 Å². The van der Waals surface area contributed by atoms with Crippen molar-refractivity contribution >= 4 is 17.3 Å². The summed E-state index contributed by atoms with van der Waals surface area (Å²) in [6.45, 7) is 1.30. The van der Waals surface area contributed by atoms with E-state index in [0.29, 0.717) is 24.2 Å². The fourth-order valence-corrected chi connectivity index (χ4v) is 2.46. The van der Waals surface area contributed by atoms with E-state index in [1.807, 2.05) is 18.2 Å². The van der Waals surface area contributed by atoms with Crippen molar-refractivity contribution in [3.63, 3.8) is 0 Å². The molecule has 1 aromatic carbocycles. The van der Waals surface area contributed by atoms with Crippen LogP contribution in [0.1, 0.15) is 24.8 Å². The summed E-state index contributed by atoms with van der Waals surface area (Å²) < 4.78 is 0. The molecule has 1 fully saturated rings. The average molecular weight is 255 g/mol. The zero-order valence-corrected chi connectivity index (χ0v) is 10.7. The number of hydrogen-bond donors (Lipinski definition) is 2. The number of aliphatic hydroxyl groups is 1. The number of aliphatic hydroxyl groups excluding tert-OH is 1. The maximum atomic E-state index is 9.14. The Morgan fingerprint density at radius 1 is 1.41 bits per heavy atom. The summed E-state index contributed by atoms with van der Waals surface area (Å²) in [5.41, 5.74) is 7.65. The second-order valence-electron chi connectivity index (χ2n) is 4.48. The van der Waals surface area contributed by atoms with Gasteiger partial charge in [-0.25, -0.2) is 0 Å². The minimum atomic E-state index is 0.173. The maximum absolute atomic E-state index is 9.14. The molecular weight excluding hydrogens is 236 g/mol. The predicted molar refractivity (Wildman–Crippen MR) is 71.4 cm³/mol. The molecule has 1 aliphatic rings. The van der Waals surface area contributed by atoms with E-state index in [0.717, 1.165) is 11.3 Å². The van der Waals surface area contributed by atoms with E-state index >= 15 is 0 Å². The van der Waals surface area contributed by atoms with Gasteiger partial charge in [-0.1, -0.05) is 17.7 Å². The molecule has 2 rings (SSSR count). The van der Waals surface area contributed by atoms with Crippen molar-refractivity contribution in [2.24, 2.45) is 5.73 Å². The monoisotopic (exact) mass is 254 g/mol. The van der Waals surface area contributed by atoms with E-state index in [4.69, 9.17) is 22.4 Å². The number of anilines is 1. The molecule has 17 heavy (non-hydrogen) atoms. The van der Waals surface area contributed by atoms with Crippen LogP contribution in [0.25, 0.3) is 0 Å². The van der Waals surface area contributed by atoms with Crippen LogP contribution in [0.4, 0.5) is 5.69 Å². The van der Waals surface area contributed by atoms with Gasteiger partial charge in [0.25, 0.3) is 0 Å². The van der Waals surface area contributed by atoms with Crippen molar-refractivity contribution in [1.82, 2.24) is 0 Å². The Morgan fingerprint density at radius 3 is 2.65 bits per heavy atom. The van der Waals surface area contributed by atoms with Crippen LogP contribution >= 0.6 is 11.6 Å². The topological polar surface area (TPSA) is 49.5 Å². The quantitative estimate of drug-likeness (QED) is 0.847. The van der Waals surface area contributed by atoms with E-state index in [9.17, 15) is 0 Å². The predicted octanol–water partition coefficient (Wildman–Crippen LogP) is 2.15. The minimum absolute atomic E-state index is 0.173. The number of nitrogens with two attached hydrogens (primary N) is 1. The molecule has 3 nitrogen and oxygen atoms in total. The Morgan fingerprint density at radius 2 is 2.18 bits per heavy atom. The van der Waals surface area contributed by atoms with Crippen molar-refractivity contribution < 1.29 is 5.11 Å². The van der Waals surface area contributed by atoms with E-state index in [1.165, 1.54) is 19.3 Å². The third-order valence-corrected chi connectivity index (χ3v) is 3.80. The lowest BCUT2D eigenvalue weighted by molar-refractivity contribution is 0.283. The van der Waals surface area contributed by atoms with Crippen molar-refractivity contribution in [3.8, 4) is 0 Å². The zero-order chi connectivity index (χ0) is 12.3. The third-order valence-electron chi connectivity index (χ3n) is 3.44. The van der Waals surface area contributed by atoms with Gasteiger partial charge in [0.1, 0.15) is 0 Å². The van der Waals surface area contributed by atoms with Crippen LogP contribution in [0.5, 0.6) is 0 Å². The molecule has 0 saturated heterocycles. The Bertz CT molecular complexity index is 380. The molecule has 0 unspecified atom stereocenters. The molecular formula is C13H19ClN2O. The standard InChI is InChI=1S/C13H19ClN2O/c14-13-8-12(5-4-10(13)9-15)16(6-7-17)11-2-1-3-11/h4-5,8,11,17H,1-3,6-7,9,15H2. The minimum Gasteiger partial charge on any atom is -0.395 e. The van der Waals surface area contributed by atoms with Crippen LogP contribution < -0.4 is 10.6 Å². The first kappa shape index (κ1) is 12.7. The lowest BCUT2D eigenvalue weighted by Crippen LogP contribution is -2.41. The molecule has 0 bridgehead atoms. The molecule has 0 heterocycles. The van der Waals surface area contributed by atoms with Crippen molar-refractivity contribution in [3.05, 3.63) is 28.8 Å². The molecule has 0 amide bonds. The second kappa shape index (κ2) is 5.71. The summed E-state index contributed by atoms with van der Waals surface area (Å²) >= 11 is 6.17. The average Bonchev–Trinajstić information content (AvgIpc) is 2.26. The number of nitrogens with zero attached hydrogens (tertiary/aromatic N) is 1. The summed E-state index contributed by atoms with van der Waals surface area (Å²) in [5.74, 6) is 0. The Balaban J connectivity index is 2.19. The lowest BCUT2D eigenvalue weighted by atomic mass is 9.91. The number of rotatable bonds is 5. The fraction of sp³-hybridized carbons (Fsp3) is 0.538. The van der Waals surface area contributed by atoms with Crippen LogP contribution in [-0.2, 0) is 6.54 Å². The first-order chi connectivity index (χ1) is 8.26. The van der Waals surface area contributed by atoms with Gasteiger partial charge in [0.2, 0.25) is 0 Å². The molecule has 1 saturated carbocycles. The molecule has 4 heteroatoms. The van der Waals surface area contributed by atoms with Gasteiger partial charge in [0, 0.05) is 29.8 Å². The smallest absolute Gasteiger partial charge is 0.0606 e. The van der Waals surface area contributed by atoms with E-state index < -0.39 is 0 Å². The third kappa shape index (κ3) is 2.73. The molecule has 0 aliphatic heterocycles. The Kier molecular flexibility index (Phi) is 4.26. The van der Waals surface area contributed by atoms with Gasteiger partial charge in [-0.2, -0.15) is 0 Å². The summed E-state index contributed by atoms with van der Waals surface area (Å²) in [4.78, 5) is 2.25. The molecule has 3 N–H and O–H groups in total. The van der Waals surface area contributed by atoms with Gasteiger partial charge in [0.05, 0.1) is 6.61 Å². The first-order valence-corrected chi connectivity index (χ1v) is 6.50. The highest BCUT2D eigenvalue weighted by Gasteiger charge is 2.25. The Hall–Kier alpha value is -0.770. The first-order valence-electron chi connectivity index (χ1n) is 6.12. The summed E-state index contributed by atoms with van der Waals surface area (Å²) in [7, 11) is 0. The molecule has 0 aromatic heterocycles. The maximum Gasteiger partial charge on any atom is 0.0606 e. The Labute approximate surface area is 107 Å². The van der Waals surface area contributed by atoms with Crippen LogP contribution in [0, 0.1) is 0 Å². The van der Waals surface area contributed by atoms with Crippen LogP contribution in [0.3, 0.4) is 0 Å². The highest BCUT2D eigenvalue weighted by molar-refractivity contribution is 6.31. The van der Waals surface area contributed by atoms with Crippen LogP contribution in [0.15, 0.2) is 18.2 Å². The van der Waals surface area contributed by atoms with Crippen molar-refractivity contribution in [2.75, 3.05) is 18.1 Å². The molecule has 0 radical (unpaired) electrons. The molecule has 1 aliphatic carbocycles. The summed E-state index contributed by atoms with van der Waals surface area (Å²) in [5, 5.41) is 9.86. The van der Waals surface area contributed by atoms with E-state index in [2.05, 4.69) is 4.90 Å². The number of benzene rings is 1. The number of hydrogen-bond acceptors (Lipinski definition) is 3. The molecule has 0 spiro atoms. The van der Waals surface area contributed by atoms with Gasteiger partial charge >= 0.3 is 0 Å². The normalized spacial score (nSPS) is 15.7. The lowest BCUT2D eigenvalue weighted by Gasteiger charge is -2.39. The second-order valence-corrected chi connectivity index (χ2v) is 4.89. The number of halogens is 1. The molecule has 94 valence electrons. The van der Waals surface area contributed by atoms with Crippen molar-refractivity contribution in [2.45, 2.75) is 31.8 Å². The fourth-order valence-electron chi connectivity index (χ4n) is 2.21. The van der Waals surface area contributed by atoms with Gasteiger partial charge in [-0.3, -0.25) is 0 Å². The zero-order valence-electron chi connectivity index (χ0n) is 9.90.